The molecule has 0 radical (unpaired) electrons. The number of ether oxygens (including phenoxy) is 3. The number of fused-ring (bicyclic) bond motifs is 1. The van der Waals surface area contributed by atoms with Gasteiger partial charge >= 0.3 is 18.0 Å². The highest BCUT2D eigenvalue weighted by Crippen LogP contribution is 2.63. The van der Waals surface area contributed by atoms with Gasteiger partial charge in [0.05, 0.1) is 6.61 Å². The number of carbonyl (C=O) groups is 4. The van der Waals surface area contributed by atoms with E-state index in [0.717, 1.165) is 0 Å². The first-order valence-corrected chi connectivity index (χ1v) is 9.53. The maximum atomic E-state index is 12.8. The van der Waals surface area contributed by atoms with Gasteiger partial charge in [-0.3, -0.25) is 9.59 Å². The molecule has 0 heterocycles. The summed E-state index contributed by atoms with van der Waals surface area (Å²) in [6, 6.07) is 0. The molecule has 0 unspecified atom stereocenters. The molecule has 0 aromatic heterocycles. The van der Waals surface area contributed by atoms with Crippen molar-refractivity contribution < 1.29 is 33.4 Å². The first-order valence-electron chi connectivity index (χ1n) is 9.53. The van der Waals surface area contributed by atoms with E-state index in [1.807, 2.05) is 6.92 Å². The van der Waals surface area contributed by atoms with Gasteiger partial charge in [-0.1, -0.05) is 6.92 Å². The Morgan fingerprint density at radius 3 is 2.36 bits per heavy atom. The van der Waals surface area contributed by atoms with E-state index in [1.165, 1.54) is 6.92 Å². The highest BCUT2D eigenvalue weighted by molar-refractivity contribution is 5.91. The SMILES string of the molecule is CCOC(=O)[C@]1(NC(=O)CNC(=O)OC(C)(C)C)C[C@H](OC(C)=O)[C@H]2[C@H](C)[C@H]21. The molecule has 5 atom stereocenters. The Balaban J connectivity index is 2.08. The molecule has 2 fully saturated rings. The number of rotatable bonds is 6. The van der Waals surface area contributed by atoms with Crippen LogP contribution in [0, 0.1) is 17.8 Å². The van der Waals surface area contributed by atoms with E-state index in [9.17, 15) is 19.2 Å². The van der Waals surface area contributed by atoms with Crippen LogP contribution in [0.3, 0.4) is 0 Å². The summed E-state index contributed by atoms with van der Waals surface area (Å²) in [4.78, 5) is 48.4. The Kier molecular flexibility index (Phi) is 6.25. The van der Waals surface area contributed by atoms with E-state index in [-0.39, 0.29) is 37.3 Å². The highest BCUT2D eigenvalue weighted by atomic mass is 16.6. The lowest BCUT2D eigenvalue weighted by atomic mass is 9.89. The molecule has 0 bridgehead atoms. The summed E-state index contributed by atoms with van der Waals surface area (Å²) in [6.07, 6.45) is -1.03. The number of amides is 2. The fraction of sp³-hybridized carbons (Fsp3) is 0.789. The molecule has 0 spiro atoms. The first kappa shape index (κ1) is 22.0. The lowest BCUT2D eigenvalue weighted by Gasteiger charge is -2.32. The van der Waals surface area contributed by atoms with Gasteiger partial charge in [-0.05, 0) is 33.6 Å². The third-order valence-electron chi connectivity index (χ3n) is 5.08. The molecule has 0 aliphatic heterocycles. The maximum Gasteiger partial charge on any atom is 0.408 e. The molecular weight excluding hydrogens is 368 g/mol. The minimum atomic E-state index is -1.27. The monoisotopic (exact) mass is 398 g/mol. The van der Waals surface area contributed by atoms with Crippen LogP contribution in [0.25, 0.3) is 0 Å². The average molecular weight is 398 g/mol. The zero-order valence-electron chi connectivity index (χ0n) is 17.3. The maximum absolute atomic E-state index is 12.8. The summed E-state index contributed by atoms with van der Waals surface area (Å²) in [6.45, 7) is 9.90. The van der Waals surface area contributed by atoms with Gasteiger partial charge in [-0.25, -0.2) is 9.59 Å². The van der Waals surface area contributed by atoms with Crippen LogP contribution in [0.15, 0.2) is 0 Å². The van der Waals surface area contributed by atoms with E-state index in [0.29, 0.717) is 0 Å². The van der Waals surface area contributed by atoms with Crippen LogP contribution in [-0.4, -0.2) is 54.3 Å². The fourth-order valence-corrected chi connectivity index (χ4v) is 4.19. The molecular formula is C19H30N2O7. The fourth-order valence-electron chi connectivity index (χ4n) is 4.19. The molecule has 158 valence electrons. The Morgan fingerprint density at radius 2 is 1.82 bits per heavy atom. The van der Waals surface area contributed by atoms with Crippen LogP contribution in [0.4, 0.5) is 4.79 Å². The topological polar surface area (TPSA) is 120 Å². The van der Waals surface area contributed by atoms with Gasteiger partial charge in [0.15, 0.2) is 0 Å². The third kappa shape index (κ3) is 4.74. The smallest absolute Gasteiger partial charge is 0.408 e. The van der Waals surface area contributed by atoms with Crippen molar-refractivity contribution in [3.63, 3.8) is 0 Å². The molecule has 9 nitrogen and oxygen atoms in total. The van der Waals surface area contributed by atoms with Crippen LogP contribution in [0.5, 0.6) is 0 Å². The summed E-state index contributed by atoms with van der Waals surface area (Å²) in [5.74, 6) is -1.61. The molecule has 2 N–H and O–H groups in total. The minimum Gasteiger partial charge on any atom is -0.464 e. The molecule has 2 amide bonds. The largest absolute Gasteiger partial charge is 0.464 e. The summed E-state index contributed by atoms with van der Waals surface area (Å²) in [5, 5.41) is 5.12. The molecule has 28 heavy (non-hydrogen) atoms. The van der Waals surface area contributed by atoms with Gasteiger partial charge in [-0.15, -0.1) is 0 Å². The molecule has 2 aliphatic rings. The summed E-state index contributed by atoms with van der Waals surface area (Å²) in [7, 11) is 0. The number of hydrogen-bond donors (Lipinski definition) is 2. The van der Waals surface area contributed by atoms with Gasteiger partial charge in [0.2, 0.25) is 5.91 Å². The van der Waals surface area contributed by atoms with Gasteiger partial charge in [0, 0.05) is 25.2 Å². The summed E-state index contributed by atoms with van der Waals surface area (Å²) in [5.41, 5.74) is -1.96. The lowest BCUT2D eigenvalue weighted by Crippen LogP contribution is -2.59. The Labute approximate surface area is 164 Å². The quantitative estimate of drug-likeness (QED) is 0.508. The van der Waals surface area contributed by atoms with Crippen molar-refractivity contribution in [3.8, 4) is 0 Å². The Hall–Kier alpha value is -2.32. The van der Waals surface area contributed by atoms with Crippen LogP contribution < -0.4 is 10.6 Å². The van der Waals surface area contributed by atoms with Crippen molar-refractivity contribution >= 4 is 23.9 Å². The second-order valence-corrected chi connectivity index (χ2v) is 8.41. The van der Waals surface area contributed by atoms with Gasteiger partial charge < -0.3 is 24.8 Å². The molecule has 2 saturated carbocycles. The van der Waals surface area contributed by atoms with Crippen LogP contribution in [0.2, 0.25) is 0 Å². The summed E-state index contributed by atoms with van der Waals surface area (Å²) >= 11 is 0. The second-order valence-electron chi connectivity index (χ2n) is 8.41. The Bertz CT molecular complexity index is 657. The normalized spacial score (nSPS) is 30.6. The van der Waals surface area contributed by atoms with Gasteiger partial charge in [0.25, 0.3) is 0 Å². The zero-order chi connectivity index (χ0) is 21.3. The van der Waals surface area contributed by atoms with Gasteiger partial charge in [-0.2, -0.15) is 0 Å². The number of carbonyl (C=O) groups excluding carboxylic acids is 4. The molecule has 2 aliphatic carbocycles. The average Bonchev–Trinajstić information content (AvgIpc) is 3.09. The zero-order valence-corrected chi connectivity index (χ0v) is 17.3. The van der Waals surface area contributed by atoms with E-state index >= 15 is 0 Å². The lowest BCUT2D eigenvalue weighted by molar-refractivity contribution is -0.157. The van der Waals surface area contributed by atoms with E-state index in [4.69, 9.17) is 14.2 Å². The predicted molar refractivity (Wildman–Crippen MR) is 98.1 cm³/mol. The van der Waals surface area contributed by atoms with Crippen molar-refractivity contribution in [3.05, 3.63) is 0 Å². The van der Waals surface area contributed by atoms with Crippen molar-refractivity contribution in [2.75, 3.05) is 13.2 Å². The summed E-state index contributed by atoms with van der Waals surface area (Å²) < 4.78 is 15.7. The van der Waals surface area contributed by atoms with Gasteiger partial charge in [0.1, 0.15) is 23.8 Å². The van der Waals surface area contributed by atoms with Crippen LogP contribution in [-0.2, 0) is 28.6 Å². The van der Waals surface area contributed by atoms with Crippen LogP contribution >= 0.6 is 0 Å². The van der Waals surface area contributed by atoms with Crippen molar-refractivity contribution in [2.45, 2.75) is 65.2 Å². The molecule has 9 heteroatoms. The van der Waals surface area contributed by atoms with Crippen molar-refractivity contribution in [2.24, 2.45) is 17.8 Å². The second kappa shape index (κ2) is 7.97. The van der Waals surface area contributed by atoms with Crippen molar-refractivity contribution in [1.29, 1.82) is 0 Å². The molecule has 0 aromatic rings. The number of esters is 2. The van der Waals surface area contributed by atoms with E-state index in [2.05, 4.69) is 10.6 Å². The number of alkyl carbamates (subject to hydrolysis) is 1. The third-order valence-corrected chi connectivity index (χ3v) is 5.08. The van der Waals surface area contributed by atoms with E-state index < -0.39 is 41.2 Å². The standard InChI is InChI=1S/C19H30N2O7/c1-7-26-16(24)19(8-12(27-11(3)22)14-10(2)15(14)19)21-13(23)9-20-17(25)28-18(4,5)6/h10,12,14-15H,7-9H2,1-6H3,(H,20,25)(H,21,23)/t10-,12-,14+,15+,19-/m0/s1. The minimum absolute atomic E-state index is 0.00702. The molecule has 0 aromatic carbocycles. The first-order chi connectivity index (χ1) is 12.9. The highest BCUT2D eigenvalue weighted by Gasteiger charge is 2.73. The number of nitrogens with one attached hydrogen (secondary N) is 2. The molecule has 0 saturated heterocycles. The number of hydrogen-bond acceptors (Lipinski definition) is 7. The Morgan fingerprint density at radius 1 is 1.18 bits per heavy atom. The van der Waals surface area contributed by atoms with E-state index in [1.54, 1.807) is 27.7 Å². The van der Waals surface area contributed by atoms with Crippen LogP contribution in [0.1, 0.15) is 48.0 Å². The van der Waals surface area contributed by atoms with Crippen molar-refractivity contribution in [1.82, 2.24) is 10.6 Å². The molecule has 2 rings (SSSR count). The predicted octanol–water partition coefficient (Wildman–Crippen LogP) is 1.15.